The van der Waals surface area contributed by atoms with Crippen LogP contribution >= 0.6 is 0 Å². The lowest BCUT2D eigenvalue weighted by atomic mass is 9.99. The maximum absolute atomic E-state index is 12.4. The second-order valence-corrected chi connectivity index (χ2v) is 5.82. The largest absolute Gasteiger partial charge is 0.479 e. The Labute approximate surface area is 128 Å². The average molecular weight is 296 g/mol. The van der Waals surface area contributed by atoms with Crippen LogP contribution in [0.25, 0.3) is 0 Å². The quantitative estimate of drug-likeness (QED) is 0.884. The molecular formula is C18H16O4. The summed E-state index contributed by atoms with van der Waals surface area (Å²) >= 11 is 0. The van der Waals surface area contributed by atoms with Gasteiger partial charge in [-0.1, -0.05) is 36.4 Å². The van der Waals surface area contributed by atoms with Gasteiger partial charge in [-0.25, -0.2) is 0 Å². The number of fused-ring (bicyclic) bond motifs is 1. The molecule has 0 spiro atoms. The summed E-state index contributed by atoms with van der Waals surface area (Å²) in [6.45, 7) is 1.94. The number of Topliss-reactive ketones (excluding diaryl/α,β-unsaturated/α-hetero) is 1. The van der Waals surface area contributed by atoms with Gasteiger partial charge in [-0.15, -0.1) is 0 Å². The fourth-order valence-electron chi connectivity index (χ4n) is 2.97. The molecule has 1 saturated heterocycles. The van der Waals surface area contributed by atoms with Gasteiger partial charge in [0.05, 0.1) is 5.56 Å². The third-order valence-corrected chi connectivity index (χ3v) is 4.22. The molecule has 0 aromatic heterocycles. The van der Waals surface area contributed by atoms with Crippen LogP contribution in [-0.2, 0) is 4.74 Å². The zero-order valence-electron chi connectivity index (χ0n) is 12.1. The van der Waals surface area contributed by atoms with Gasteiger partial charge in [0, 0.05) is 0 Å². The van der Waals surface area contributed by atoms with Crippen molar-refractivity contribution in [2.45, 2.75) is 31.3 Å². The van der Waals surface area contributed by atoms with Gasteiger partial charge in [0.1, 0.15) is 24.1 Å². The number of carbonyl (C=O) groups excluding carboxylic acids is 1. The molecule has 2 heterocycles. The van der Waals surface area contributed by atoms with Crippen LogP contribution in [0.3, 0.4) is 0 Å². The van der Waals surface area contributed by atoms with E-state index in [4.69, 9.17) is 9.47 Å². The Morgan fingerprint density at radius 2 is 1.91 bits per heavy atom. The Bertz CT molecular complexity index is 725. The first-order valence-corrected chi connectivity index (χ1v) is 7.35. The molecular weight excluding hydrogens is 280 g/mol. The maximum Gasteiger partial charge on any atom is 0.209 e. The Balaban J connectivity index is 1.51. The number of ether oxygens (including phenoxy) is 2. The first kappa shape index (κ1) is 13.5. The van der Waals surface area contributed by atoms with E-state index < -0.39 is 18.3 Å². The first-order valence-electron chi connectivity index (χ1n) is 7.35. The van der Waals surface area contributed by atoms with Gasteiger partial charge in [0.25, 0.3) is 0 Å². The van der Waals surface area contributed by atoms with Crippen LogP contribution in [0.1, 0.15) is 27.6 Å². The van der Waals surface area contributed by atoms with E-state index in [1.165, 1.54) is 0 Å². The van der Waals surface area contributed by atoms with Crippen molar-refractivity contribution in [2.75, 3.05) is 0 Å². The molecule has 2 aromatic rings. The van der Waals surface area contributed by atoms with Gasteiger partial charge in [-0.2, -0.15) is 0 Å². The summed E-state index contributed by atoms with van der Waals surface area (Å²) in [6.07, 6.45) is -2.41. The number of ketones is 1. The van der Waals surface area contributed by atoms with Crippen molar-refractivity contribution >= 4 is 5.78 Å². The van der Waals surface area contributed by atoms with Crippen molar-refractivity contribution < 1.29 is 19.4 Å². The van der Waals surface area contributed by atoms with Crippen molar-refractivity contribution in [1.29, 1.82) is 0 Å². The van der Waals surface area contributed by atoms with E-state index in [9.17, 15) is 9.90 Å². The van der Waals surface area contributed by atoms with Gasteiger partial charge >= 0.3 is 0 Å². The van der Waals surface area contributed by atoms with Crippen LogP contribution in [0.4, 0.5) is 0 Å². The summed E-state index contributed by atoms with van der Waals surface area (Å²) in [7, 11) is 0. The average Bonchev–Trinajstić information content (AvgIpc) is 3.27. The molecule has 0 amide bonds. The SMILES string of the molecule is Cc1ccc2c(c1)OC(C(O)C1OC1c1ccccc1)C2=O. The summed E-state index contributed by atoms with van der Waals surface area (Å²) in [6, 6.07) is 15.1. The molecule has 4 nitrogen and oxygen atoms in total. The molecule has 4 heteroatoms. The van der Waals surface area contributed by atoms with E-state index in [2.05, 4.69) is 0 Å². The molecule has 2 aliphatic heterocycles. The highest BCUT2D eigenvalue weighted by atomic mass is 16.6. The van der Waals surface area contributed by atoms with Crippen molar-refractivity contribution in [3.63, 3.8) is 0 Å². The fourth-order valence-corrected chi connectivity index (χ4v) is 2.97. The van der Waals surface area contributed by atoms with Crippen molar-refractivity contribution in [3.8, 4) is 5.75 Å². The highest BCUT2D eigenvalue weighted by molar-refractivity contribution is 6.05. The predicted octanol–water partition coefficient (Wildman–Crippen LogP) is 2.44. The fraction of sp³-hybridized carbons (Fsp3) is 0.278. The smallest absolute Gasteiger partial charge is 0.209 e. The summed E-state index contributed by atoms with van der Waals surface area (Å²) < 4.78 is 11.2. The van der Waals surface area contributed by atoms with Crippen molar-refractivity contribution in [2.24, 2.45) is 0 Å². The van der Waals surface area contributed by atoms with Crippen LogP contribution in [-0.4, -0.2) is 29.2 Å². The van der Waals surface area contributed by atoms with Crippen LogP contribution in [0.5, 0.6) is 5.75 Å². The Kier molecular flexibility index (Phi) is 3.03. The van der Waals surface area contributed by atoms with Gasteiger partial charge < -0.3 is 14.6 Å². The number of carbonyl (C=O) groups is 1. The van der Waals surface area contributed by atoms with E-state index in [-0.39, 0.29) is 11.9 Å². The van der Waals surface area contributed by atoms with Gasteiger partial charge in [-0.05, 0) is 30.2 Å². The lowest BCUT2D eigenvalue weighted by Gasteiger charge is -2.14. The predicted molar refractivity (Wildman–Crippen MR) is 80.0 cm³/mol. The molecule has 4 rings (SSSR count). The normalized spacial score (nSPS) is 27.2. The molecule has 22 heavy (non-hydrogen) atoms. The number of aliphatic hydroxyl groups excluding tert-OH is 1. The number of benzene rings is 2. The highest BCUT2D eigenvalue weighted by Gasteiger charge is 2.52. The number of hydrogen-bond acceptors (Lipinski definition) is 4. The minimum absolute atomic E-state index is 0.168. The third-order valence-electron chi connectivity index (χ3n) is 4.22. The van der Waals surface area contributed by atoms with Crippen LogP contribution in [0.2, 0.25) is 0 Å². The third kappa shape index (κ3) is 2.12. The van der Waals surface area contributed by atoms with Crippen LogP contribution in [0.15, 0.2) is 48.5 Å². The second-order valence-electron chi connectivity index (χ2n) is 5.82. The van der Waals surface area contributed by atoms with E-state index in [1.807, 2.05) is 49.4 Å². The lowest BCUT2D eigenvalue weighted by Crippen LogP contribution is -2.38. The van der Waals surface area contributed by atoms with Crippen molar-refractivity contribution in [1.82, 2.24) is 0 Å². The van der Waals surface area contributed by atoms with E-state index in [0.29, 0.717) is 11.3 Å². The van der Waals surface area contributed by atoms with Crippen LogP contribution < -0.4 is 4.74 Å². The Morgan fingerprint density at radius 3 is 2.68 bits per heavy atom. The molecule has 0 bridgehead atoms. The Hall–Kier alpha value is -2.17. The second kappa shape index (κ2) is 4.93. The summed E-state index contributed by atoms with van der Waals surface area (Å²) in [4.78, 5) is 12.4. The zero-order valence-corrected chi connectivity index (χ0v) is 12.1. The molecule has 4 unspecified atom stereocenters. The molecule has 0 saturated carbocycles. The van der Waals surface area contributed by atoms with Gasteiger partial charge in [0.2, 0.25) is 5.78 Å². The number of aliphatic hydroxyl groups is 1. The number of epoxide rings is 1. The number of rotatable bonds is 3. The molecule has 4 atom stereocenters. The Morgan fingerprint density at radius 1 is 1.14 bits per heavy atom. The lowest BCUT2D eigenvalue weighted by molar-refractivity contribution is 0.0281. The molecule has 0 radical (unpaired) electrons. The molecule has 0 aliphatic carbocycles. The monoisotopic (exact) mass is 296 g/mol. The van der Waals surface area contributed by atoms with Gasteiger partial charge in [0.15, 0.2) is 6.10 Å². The standard InChI is InChI=1S/C18H16O4/c1-10-7-8-12-13(9-10)21-17(14(12)19)15(20)18-16(22-18)11-5-3-2-4-6-11/h2-9,15-18,20H,1H3. The molecule has 2 aliphatic rings. The molecule has 1 N–H and O–H groups in total. The molecule has 1 fully saturated rings. The highest BCUT2D eigenvalue weighted by Crippen LogP contribution is 2.43. The molecule has 112 valence electrons. The maximum atomic E-state index is 12.4. The number of aryl methyl sites for hydroxylation is 1. The number of hydrogen-bond donors (Lipinski definition) is 1. The van der Waals surface area contributed by atoms with Crippen molar-refractivity contribution in [3.05, 3.63) is 65.2 Å². The zero-order chi connectivity index (χ0) is 15.3. The minimum atomic E-state index is -0.967. The van der Waals surface area contributed by atoms with E-state index >= 15 is 0 Å². The summed E-state index contributed by atoms with van der Waals surface area (Å²) in [5.41, 5.74) is 2.56. The topological polar surface area (TPSA) is 59.1 Å². The summed E-state index contributed by atoms with van der Waals surface area (Å²) in [5.74, 6) is 0.371. The molecule has 2 aromatic carbocycles. The van der Waals surface area contributed by atoms with E-state index in [1.54, 1.807) is 6.07 Å². The first-order chi connectivity index (χ1) is 10.6. The van der Waals surface area contributed by atoms with Gasteiger partial charge in [-0.3, -0.25) is 4.79 Å². The van der Waals surface area contributed by atoms with E-state index in [0.717, 1.165) is 11.1 Å². The van der Waals surface area contributed by atoms with Crippen LogP contribution in [0, 0.1) is 6.92 Å². The summed E-state index contributed by atoms with van der Waals surface area (Å²) in [5, 5.41) is 10.5. The minimum Gasteiger partial charge on any atom is -0.479 e.